The zero-order chi connectivity index (χ0) is 23.7. The van der Waals surface area contributed by atoms with Crippen LogP contribution in [0.1, 0.15) is 39.6 Å². The van der Waals surface area contributed by atoms with Crippen LogP contribution in [0.5, 0.6) is 0 Å². The lowest BCUT2D eigenvalue weighted by Crippen LogP contribution is -2.41. The number of amides is 2. The number of fused-ring (bicyclic) bond motifs is 2. The van der Waals surface area contributed by atoms with Crippen LogP contribution >= 0.6 is 0 Å². The predicted octanol–water partition coefficient (Wildman–Crippen LogP) is 2.87. The first-order valence-corrected chi connectivity index (χ1v) is 12.1. The van der Waals surface area contributed by atoms with Crippen molar-refractivity contribution in [2.24, 2.45) is 7.05 Å². The summed E-state index contributed by atoms with van der Waals surface area (Å²) in [4.78, 5) is 30.5. The smallest absolute Gasteiger partial charge is 0.255 e. The molecule has 3 heterocycles. The van der Waals surface area contributed by atoms with Crippen molar-refractivity contribution in [2.75, 3.05) is 45.9 Å². The molecule has 178 valence electrons. The summed E-state index contributed by atoms with van der Waals surface area (Å²) in [5.41, 5.74) is 4.97. The molecule has 7 nitrogen and oxygen atoms in total. The topological polar surface area (TPSA) is 66.8 Å². The lowest BCUT2D eigenvalue weighted by molar-refractivity contribution is -0.122. The van der Waals surface area contributed by atoms with Crippen molar-refractivity contribution in [3.05, 3.63) is 70.9 Å². The van der Waals surface area contributed by atoms with E-state index in [0.29, 0.717) is 12.1 Å². The fourth-order valence-corrected chi connectivity index (χ4v) is 5.31. The maximum atomic E-state index is 13.4. The van der Waals surface area contributed by atoms with Crippen molar-refractivity contribution in [1.82, 2.24) is 19.7 Å². The van der Waals surface area contributed by atoms with Crippen molar-refractivity contribution in [1.29, 1.82) is 0 Å². The molecule has 2 amide bonds. The molecule has 2 aromatic carbocycles. The number of nitrogens with zero attached hydrogens (tertiary/aromatic N) is 3. The van der Waals surface area contributed by atoms with Gasteiger partial charge in [-0.15, -0.1) is 0 Å². The molecule has 3 aromatic rings. The van der Waals surface area contributed by atoms with Crippen LogP contribution in [0.4, 0.5) is 0 Å². The van der Waals surface area contributed by atoms with Crippen molar-refractivity contribution in [3.63, 3.8) is 0 Å². The van der Waals surface area contributed by atoms with Crippen LogP contribution < -0.4 is 5.32 Å². The third kappa shape index (κ3) is 4.10. The second-order valence-corrected chi connectivity index (χ2v) is 9.16. The molecule has 34 heavy (non-hydrogen) atoms. The first kappa shape index (κ1) is 22.6. The van der Waals surface area contributed by atoms with Crippen LogP contribution in [-0.4, -0.2) is 72.1 Å². The zero-order valence-electron chi connectivity index (χ0n) is 19.9. The Kier molecular flexibility index (Phi) is 6.39. The number of aromatic nitrogens is 1. The van der Waals surface area contributed by atoms with Gasteiger partial charge in [0.1, 0.15) is 6.54 Å². The molecule has 0 saturated carbocycles. The number of ether oxygens (including phenoxy) is 1. The Balaban J connectivity index is 1.36. The van der Waals surface area contributed by atoms with Gasteiger partial charge in [0.05, 0.1) is 19.3 Å². The second kappa shape index (κ2) is 9.60. The van der Waals surface area contributed by atoms with Crippen LogP contribution in [0.2, 0.25) is 0 Å². The van der Waals surface area contributed by atoms with Gasteiger partial charge < -0.3 is 19.5 Å². The highest BCUT2D eigenvalue weighted by atomic mass is 16.5. The lowest BCUT2D eigenvalue weighted by atomic mass is 9.95. The maximum Gasteiger partial charge on any atom is 0.255 e. The van der Waals surface area contributed by atoms with Crippen LogP contribution in [-0.2, 0) is 16.6 Å². The second-order valence-electron chi connectivity index (χ2n) is 9.16. The molecule has 0 unspecified atom stereocenters. The molecule has 1 fully saturated rings. The van der Waals surface area contributed by atoms with Crippen LogP contribution in [0, 0.1) is 6.92 Å². The van der Waals surface area contributed by atoms with Crippen molar-refractivity contribution in [3.8, 4) is 0 Å². The number of rotatable bonds is 7. The van der Waals surface area contributed by atoms with Gasteiger partial charge in [-0.1, -0.05) is 36.4 Å². The van der Waals surface area contributed by atoms with E-state index in [-0.39, 0.29) is 24.4 Å². The van der Waals surface area contributed by atoms with Gasteiger partial charge in [-0.25, -0.2) is 0 Å². The van der Waals surface area contributed by atoms with Crippen LogP contribution in [0.25, 0.3) is 10.9 Å². The van der Waals surface area contributed by atoms with Crippen molar-refractivity contribution >= 4 is 22.7 Å². The normalized spacial score (nSPS) is 18.5. The van der Waals surface area contributed by atoms with E-state index in [4.69, 9.17) is 4.74 Å². The molecule has 2 aliphatic rings. The van der Waals surface area contributed by atoms with E-state index < -0.39 is 0 Å². The molecule has 1 saturated heterocycles. The summed E-state index contributed by atoms with van der Waals surface area (Å²) in [6.07, 6.45) is 0.881. The molecule has 0 radical (unpaired) electrons. The Morgan fingerprint density at radius 3 is 2.65 bits per heavy atom. The number of hydrogen-bond acceptors (Lipinski definition) is 4. The Labute approximate surface area is 200 Å². The van der Waals surface area contributed by atoms with E-state index in [9.17, 15) is 9.59 Å². The summed E-state index contributed by atoms with van der Waals surface area (Å²) in [6, 6.07) is 15.7. The molecule has 1 aromatic heterocycles. The number of aryl methyl sites for hydroxylation is 1. The molecule has 0 spiro atoms. The fourth-order valence-electron chi connectivity index (χ4n) is 5.31. The van der Waals surface area contributed by atoms with E-state index >= 15 is 0 Å². The van der Waals surface area contributed by atoms with Gasteiger partial charge in [0.2, 0.25) is 5.91 Å². The standard InChI is InChI=1S/C27H32N4O3/c1-19-25(22-10-5-6-11-23(22)29(19)2)26-20-8-3-4-9-21(20)27(33)31(26)18-24(32)28-12-7-13-30-14-16-34-17-15-30/h3-6,8-11,26H,7,12-18H2,1-2H3,(H,28,32)/t26-/m0/s1. The number of nitrogens with one attached hydrogen (secondary N) is 1. The molecule has 7 heteroatoms. The van der Waals surface area contributed by atoms with Gasteiger partial charge in [0.15, 0.2) is 0 Å². The maximum absolute atomic E-state index is 13.4. The third-order valence-electron chi connectivity index (χ3n) is 7.17. The molecule has 1 N–H and O–H groups in total. The van der Waals surface area contributed by atoms with E-state index in [1.807, 2.05) is 36.4 Å². The largest absolute Gasteiger partial charge is 0.379 e. The van der Waals surface area contributed by atoms with E-state index in [1.54, 1.807) is 4.90 Å². The summed E-state index contributed by atoms with van der Waals surface area (Å²) in [5, 5.41) is 4.15. The Hall–Kier alpha value is -3.16. The summed E-state index contributed by atoms with van der Waals surface area (Å²) in [7, 11) is 2.05. The van der Waals surface area contributed by atoms with Crippen molar-refractivity contribution < 1.29 is 14.3 Å². The number of morpholine rings is 1. The van der Waals surface area contributed by atoms with Crippen LogP contribution in [0.3, 0.4) is 0 Å². The predicted molar refractivity (Wildman–Crippen MR) is 132 cm³/mol. The quantitative estimate of drug-likeness (QED) is 0.551. The molecule has 0 bridgehead atoms. The average Bonchev–Trinajstić information content (AvgIpc) is 3.28. The first-order valence-electron chi connectivity index (χ1n) is 12.1. The van der Waals surface area contributed by atoms with Gasteiger partial charge in [-0.3, -0.25) is 14.5 Å². The fraction of sp³-hybridized carbons (Fsp3) is 0.407. The molecule has 5 rings (SSSR count). The number of benzene rings is 2. The van der Waals surface area contributed by atoms with E-state index in [2.05, 4.69) is 40.9 Å². The molecule has 0 aliphatic carbocycles. The number of carbonyl (C=O) groups is 2. The van der Waals surface area contributed by atoms with Gasteiger partial charge in [0.25, 0.3) is 5.91 Å². The van der Waals surface area contributed by atoms with Crippen molar-refractivity contribution in [2.45, 2.75) is 19.4 Å². The first-order chi connectivity index (χ1) is 16.6. The minimum absolute atomic E-state index is 0.0401. The Morgan fingerprint density at radius 2 is 1.82 bits per heavy atom. The SMILES string of the molecule is Cc1c([C@@H]2c3ccccc3C(=O)N2CC(=O)NCCCN2CCOCC2)c2ccccc2n1C. The Morgan fingerprint density at radius 1 is 1.09 bits per heavy atom. The molecule has 1 atom stereocenters. The highest BCUT2D eigenvalue weighted by molar-refractivity contribution is 6.02. The van der Waals surface area contributed by atoms with Gasteiger partial charge in [0, 0.05) is 54.4 Å². The van der Waals surface area contributed by atoms with E-state index in [1.165, 1.54) is 0 Å². The average molecular weight is 461 g/mol. The summed E-state index contributed by atoms with van der Waals surface area (Å²) in [6.45, 7) is 7.11. The summed E-state index contributed by atoms with van der Waals surface area (Å²) >= 11 is 0. The number of hydrogen-bond donors (Lipinski definition) is 1. The number of carbonyl (C=O) groups excluding carboxylic acids is 2. The molecule has 2 aliphatic heterocycles. The third-order valence-corrected chi connectivity index (χ3v) is 7.17. The minimum Gasteiger partial charge on any atom is -0.379 e. The highest BCUT2D eigenvalue weighted by Crippen LogP contribution is 2.43. The zero-order valence-corrected chi connectivity index (χ0v) is 19.9. The van der Waals surface area contributed by atoms with Gasteiger partial charge >= 0.3 is 0 Å². The van der Waals surface area contributed by atoms with Gasteiger partial charge in [-0.05, 0) is 37.6 Å². The van der Waals surface area contributed by atoms with Crippen LogP contribution in [0.15, 0.2) is 48.5 Å². The monoisotopic (exact) mass is 460 g/mol. The number of para-hydroxylation sites is 1. The summed E-state index contributed by atoms with van der Waals surface area (Å²) in [5.74, 6) is -0.206. The summed E-state index contributed by atoms with van der Waals surface area (Å²) < 4.78 is 7.55. The van der Waals surface area contributed by atoms with Gasteiger partial charge in [-0.2, -0.15) is 0 Å². The lowest BCUT2D eigenvalue weighted by Gasteiger charge is -2.27. The van der Waals surface area contributed by atoms with E-state index in [0.717, 1.165) is 67.0 Å². The minimum atomic E-state index is -0.283. The molecular weight excluding hydrogens is 428 g/mol. The molecular formula is C27H32N4O3. The highest BCUT2D eigenvalue weighted by Gasteiger charge is 2.40. The Bertz CT molecular complexity index is 1210.